The fraction of sp³-hybridized carbons (Fsp3) is 0.0625. The number of aromatic nitrogens is 4. The summed E-state index contributed by atoms with van der Waals surface area (Å²) >= 11 is 5.96. The molecule has 3 aromatic rings. The molecule has 0 saturated heterocycles. The van der Waals surface area contributed by atoms with E-state index in [1.165, 1.54) is 4.80 Å². The molecule has 104 valence electrons. The first-order chi connectivity index (χ1) is 10.2. The van der Waals surface area contributed by atoms with Crippen LogP contribution in [0.2, 0.25) is 5.02 Å². The molecule has 0 radical (unpaired) electrons. The van der Waals surface area contributed by atoms with Gasteiger partial charge in [-0.2, -0.15) is 0 Å². The zero-order chi connectivity index (χ0) is 14.7. The van der Waals surface area contributed by atoms with Crippen molar-refractivity contribution in [1.82, 2.24) is 20.2 Å². The summed E-state index contributed by atoms with van der Waals surface area (Å²) < 4.78 is 0. The van der Waals surface area contributed by atoms with Crippen LogP contribution in [0.3, 0.4) is 0 Å². The van der Waals surface area contributed by atoms with Crippen LogP contribution in [0.1, 0.15) is 18.3 Å². The van der Waals surface area contributed by atoms with E-state index in [9.17, 15) is 0 Å². The van der Waals surface area contributed by atoms with E-state index in [1.807, 2.05) is 61.5 Å². The van der Waals surface area contributed by atoms with Crippen molar-refractivity contribution in [2.24, 2.45) is 0 Å². The predicted octanol–water partition coefficient (Wildman–Crippen LogP) is 3.88. The smallest absolute Gasteiger partial charge is 0.130 e. The molecule has 0 unspecified atom stereocenters. The second-order valence-electron chi connectivity index (χ2n) is 4.61. The van der Waals surface area contributed by atoms with E-state index in [4.69, 9.17) is 11.6 Å². The molecule has 21 heavy (non-hydrogen) atoms. The fourth-order valence-electron chi connectivity index (χ4n) is 1.97. The quantitative estimate of drug-likeness (QED) is 0.737. The number of tetrazole rings is 1. The van der Waals surface area contributed by atoms with Gasteiger partial charge in [-0.1, -0.05) is 48.0 Å². The molecule has 0 aliphatic carbocycles. The second kappa shape index (κ2) is 5.89. The van der Waals surface area contributed by atoms with Crippen LogP contribution in [0.5, 0.6) is 0 Å². The van der Waals surface area contributed by atoms with Gasteiger partial charge in [0.05, 0.1) is 5.69 Å². The van der Waals surface area contributed by atoms with Crippen LogP contribution >= 0.6 is 11.6 Å². The first kappa shape index (κ1) is 13.5. The minimum absolute atomic E-state index is 0.566. The Morgan fingerprint density at radius 3 is 2.67 bits per heavy atom. The molecule has 0 bridgehead atoms. The molecule has 0 spiro atoms. The van der Waals surface area contributed by atoms with Crippen LogP contribution in [-0.2, 0) is 0 Å². The van der Waals surface area contributed by atoms with Crippen LogP contribution in [0.15, 0.2) is 54.6 Å². The Labute approximate surface area is 127 Å². The molecular weight excluding hydrogens is 284 g/mol. The summed E-state index contributed by atoms with van der Waals surface area (Å²) in [6.07, 6.45) is 1.91. The summed E-state index contributed by atoms with van der Waals surface area (Å²) in [5.41, 5.74) is 3.00. The number of hydrogen-bond acceptors (Lipinski definition) is 3. The molecule has 5 heteroatoms. The number of allylic oxidation sites excluding steroid dienone is 1. The monoisotopic (exact) mass is 296 g/mol. The molecule has 1 heterocycles. The van der Waals surface area contributed by atoms with E-state index in [1.54, 1.807) is 6.07 Å². The molecule has 4 nitrogen and oxygen atoms in total. The highest BCUT2D eigenvalue weighted by Crippen LogP contribution is 2.16. The third-order valence-corrected chi connectivity index (χ3v) is 3.28. The molecule has 0 aliphatic heterocycles. The van der Waals surface area contributed by atoms with Crippen molar-refractivity contribution in [3.8, 4) is 5.69 Å². The molecule has 0 fully saturated rings. The fourth-order valence-corrected chi connectivity index (χ4v) is 2.16. The number of rotatable bonds is 3. The standard InChI is InChI=1S/C16H13ClN4/c1-12(13-6-3-2-4-7-13)10-16-18-20-21(19-16)15-9-5-8-14(17)11-15/h2-11H,1H3. The predicted molar refractivity (Wildman–Crippen MR) is 84.2 cm³/mol. The Balaban J connectivity index is 1.89. The van der Waals surface area contributed by atoms with E-state index in [2.05, 4.69) is 15.4 Å². The highest BCUT2D eigenvalue weighted by atomic mass is 35.5. The molecule has 1 aromatic heterocycles. The van der Waals surface area contributed by atoms with E-state index in [0.29, 0.717) is 10.8 Å². The minimum Gasteiger partial charge on any atom is -0.130 e. The van der Waals surface area contributed by atoms with Gasteiger partial charge in [0, 0.05) is 5.02 Å². The van der Waals surface area contributed by atoms with E-state index in [-0.39, 0.29) is 0 Å². The van der Waals surface area contributed by atoms with Gasteiger partial charge < -0.3 is 0 Å². The minimum atomic E-state index is 0.566. The normalized spacial score (nSPS) is 11.6. The largest absolute Gasteiger partial charge is 0.198 e. The average molecular weight is 297 g/mol. The van der Waals surface area contributed by atoms with Crippen molar-refractivity contribution in [2.45, 2.75) is 6.92 Å². The summed E-state index contributed by atoms with van der Waals surface area (Å²) in [5, 5.41) is 13.1. The van der Waals surface area contributed by atoms with Gasteiger partial charge in [-0.3, -0.25) is 0 Å². The summed E-state index contributed by atoms with van der Waals surface area (Å²) in [6.45, 7) is 2.02. The molecule has 0 amide bonds. The summed E-state index contributed by atoms with van der Waals surface area (Å²) in [7, 11) is 0. The molecule has 3 rings (SSSR count). The van der Waals surface area contributed by atoms with E-state index in [0.717, 1.165) is 16.8 Å². The average Bonchev–Trinajstić information content (AvgIpc) is 2.97. The molecule has 0 atom stereocenters. The second-order valence-corrected chi connectivity index (χ2v) is 5.05. The third kappa shape index (κ3) is 3.17. The maximum absolute atomic E-state index is 5.96. The Kier molecular flexibility index (Phi) is 3.79. The van der Waals surface area contributed by atoms with Gasteiger partial charge in [0.25, 0.3) is 0 Å². The van der Waals surface area contributed by atoms with Crippen LogP contribution in [0.4, 0.5) is 0 Å². The topological polar surface area (TPSA) is 43.6 Å². The van der Waals surface area contributed by atoms with Gasteiger partial charge >= 0.3 is 0 Å². The summed E-state index contributed by atoms with van der Waals surface area (Å²) in [6, 6.07) is 17.4. The SMILES string of the molecule is CC(=Cc1nnn(-c2cccc(Cl)c2)n1)c1ccccc1. The Morgan fingerprint density at radius 1 is 1.10 bits per heavy atom. The zero-order valence-electron chi connectivity index (χ0n) is 11.4. The molecular formula is C16H13ClN4. The molecule has 0 aliphatic rings. The highest BCUT2D eigenvalue weighted by molar-refractivity contribution is 6.30. The Hall–Kier alpha value is -2.46. The zero-order valence-corrected chi connectivity index (χ0v) is 12.2. The van der Waals surface area contributed by atoms with Gasteiger partial charge in [-0.25, -0.2) is 0 Å². The van der Waals surface area contributed by atoms with Crippen LogP contribution < -0.4 is 0 Å². The molecule has 2 aromatic carbocycles. The number of nitrogens with zero attached hydrogens (tertiary/aromatic N) is 4. The maximum atomic E-state index is 5.96. The maximum Gasteiger partial charge on any atom is 0.198 e. The van der Waals surface area contributed by atoms with Gasteiger partial charge in [-0.05, 0) is 47.5 Å². The molecule has 0 saturated carbocycles. The highest BCUT2D eigenvalue weighted by Gasteiger charge is 2.04. The van der Waals surface area contributed by atoms with Gasteiger partial charge in [-0.15, -0.1) is 15.0 Å². The lowest BCUT2D eigenvalue weighted by Gasteiger charge is -1.99. The van der Waals surface area contributed by atoms with Gasteiger partial charge in [0.1, 0.15) is 0 Å². The van der Waals surface area contributed by atoms with Gasteiger partial charge in [0.15, 0.2) is 5.82 Å². The van der Waals surface area contributed by atoms with E-state index < -0.39 is 0 Å². The molecule has 0 N–H and O–H groups in total. The van der Waals surface area contributed by atoms with Crippen molar-refractivity contribution in [3.05, 3.63) is 71.0 Å². The van der Waals surface area contributed by atoms with Crippen molar-refractivity contribution in [1.29, 1.82) is 0 Å². The van der Waals surface area contributed by atoms with Crippen molar-refractivity contribution >= 4 is 23.3 Å². The lowest BCUT2D eigenvalue weighted by atomic mass is 10.1. The number of benzene rings is 2. The Bertz CT molecular complexity index is 778. The first-order valence-corrected chi connectivity index (χ1v) is 6.90. The number of hydrogen-bond donors (Lipinski definition) is 0. The summed E-state index contributed by atoms with van der Waals surface area (Å²) in [4.78, 5) is 1.47. The summed E-state index contributed by atoms with van der Waals surface area (Å²) in [5.74, 6) is 0.566. The lowest BCUT2D eigenvalue weighted by molar-refractivity contribution is 0.719. The first-order valence-electron chi connectivity index (χ1n) is 6.52. The van der Waals surface area contributed by atoms with Crippen LogP contribution in [-0.4, -0.2) is 20.2 Å². The lowest BCUT2D eigenvalue weighted by Crippen LogP contribution is -1.98. The van der Waals surface area contributed by atoms with Crippen molar-refractivity contribution < 1.29 is 0 Å². The van der Waals surface area contributed by atoms with Crippen LogP contribution in [0, 0.1) is 0 Å². The van der Waals surface area contributed by atoms with Crippen molar-refractivity contribution in [2.75, 3.05) is 0 Å². The van der Waals surface area contributed by atoms with Crippen LogP contribution in [0.25, 0.3) is 17.3 Å². The van der Waals surface area contributed by atoms with E-state index >= 15 is 0 Å². The van der Waals surface area contributed by atoms with Crippen molar-refractivity contribution in [3.63, 3.8) is 0 Å². The third-order valence-electron chi connectivity index (χ3n) is 3.04. The Morgan fingerprint density at radius 2 is 1.90 bits per heavy atom. The van der Waals surface area contributed by atoms with Gasteiger partial charge in [0.2, 0.25) is 0 Å². The number of halogens is 1.